The number of carbonyl (C=O) groups excluding carboxylic acids is 1. The van der Waals surface area contributed by atoms with Crippen molar-refractivity contribution in [1.82, 2.24) is 9.97 Å². The minimum atomic E-state index is -0.180. The molecule has 0 unspecified atom stereocenters. The molecule has 0 spiro atoms. The van der Waals surface area contributed by atoms with Gasteiger partial charge >= 0.3 is 0 Å². The van der Waals surface area contributed by atoms with Crippen LogP contribution in [0.4, 0.5) is 5.69 Å². The van der Waals surface area contributed by atoms with Crippen LogP contribution in [0.3, 0.4) is 0 Å². The average Bonchev–Trinajstić information content (AvgIpc) is 2.91. The highest BCUT2D eigenvalue weighted by atomic mass is 16.3. The number of benzene rings is 1. The van der Waals surface area contributed by atoms with Crippen LogP contribution in [0, 0.1) is 0 Å². The topological polar surface area (TPSA) is 68.0 Å². The Hall–Kier alpha value is -2.69. The van der Waals surface area contributed by atoms with Gasteiger partial charge in [-0.3, -0.25) is 9.78 Å². The summed E-state index contributed by atoms with van der Waals surface area (Å²) in [5.41, 5.74) is 2.70. The van der Waals surface area contributed by atoms with Crippen LogP contribution in [0.25, 0.3) is 11.1 Å². The van der Waals surface area contributed by atoms with Gasteiger partial charge in [-0.2, -0.15) is 0 Å². The molecule has 5 nitrogen and oxygen atoms in total. The number of anilines is 1. The Bertz CT molecular complexity index is 779. The third-order valence-electron chi connectivity index (χ3n) is 3.10. The molecule has 0 aliphatic rings. The Balaban J connectivity index is 1.86. The monoisotopic (exact) mass is 281 g/mol. The highest BCUT2D eigenvalue weighted by Crippen LogP contribution is 2.24. The molecule has 0 radical (unpaired) electrons. The molecule has 0 fully saturated rings. The summed E-state index contributed by atoms with van der Waals surface area (Å²) in [5, 5.41) is 2.83. The summed E-state index contributed by atoms with van der Waals surface area (Å²) in [6, 6.07) is 8.77. The summed E-state index contributed by atoms with van der Waals surface area (Å²) in [7, 11) is 0. The van der Waals surface area contributed by atoms with E-state index in [1.165, 1.54) is 0 Å². The summed E-state index contributed by atoms with van der Waals surface area (Å²) >= 11 is 0. The second-order valence-electron chi connectivity index (χ2n) is 5.08. The lowest BCUT2D eigenvalue weighted by molar-refractivity contribution is 0.102. The molecule has 0 saturated carbocycles. The normalized spacial score (nSPS) is 11.0. The number of hydrogen-bond acceptors (Lipinski definition) is 4. The van der Waals surface area contributed by atoms with Crippen molar-refractivity contribution in [1.29, 1.82) is 0 Å². The lowest BCUT2D eigenvalue weighted by Gasteiger charge is -2.04. The summed E-state index contributed by atoms with van der Waals surface area (Å²) in [6.07, 6.45) is 3.17. The molecule has 0 aliphatic heterocycles. The molecule has 0 aliphatic carbocycles. The summed E-state index contributed by atoms with van der Waals surface area (Å²) in [4.78, 5) is 20.4. The van der Waals surface area contributed by atoms with Crippen molar-refractivity contribution in [3.05, 3.63) is 54.2 Å². The van der Waals surface area contributed by atoms with Crippen molar-refractivity contribution in [2.45, 2.75) is 19.8 Å². The zero-order valence-electron chi connectivity index (χ0n) is 11.8. The van der Waals surface area contributed by atoms with Gasteiger partial charge in [0.2, 0.25) is 0 Å². The predicted molar refractivity (Wildman–Crippen MR) is 80.3 cm³/mol. The number of pyridine rings is 1. The zero-order chi connectivity index (χ0) is 14.8. The second-order valence-corrected chi connectivity index (χ2v) is 5.08. The molecule has 0 atom stereocenters. The molecule has 1 amide bonds. The third-order valence-corrected chi connectivity index (χ3v) is 3.10. The van der Waals surface area contributed by atoms with Gasteiger partial charge in [0.15, 0.2) is 11.5 Å². The molecule has 0 bridgehead atoms. The Morgan fingerprint density at radius 3 is 2.67 bits per heavy atom. The van der Waals surface area contributed by atoms with Crippen molar-refractivity contribution in [2.24, 2.45) is 0 Å². The number of amides is 1. The summed E-state index contributed by atoms with van der Waals surface area (Å²) in [5.74, 6) is 0.746. The molecule has 106 valence electrons. The number of fused-ring (bicyclic) bond motifs is 1. The number of nitrogens with zero attached hydrogens (tertiary/aromatic N) is 2. The summed E-state index contributed by atoms with van der Waals surface area (Å²) < 4.78 is 5.68. The van der Waals surface area contributed by atoms with Gasteiger partial charge in [-0.25, -0.2) is 4.98 Å². The SMILES string of the molecule is CC(C)c1nc2ccc(NC(=O)c3ccncc3)cc2o1. The van der Waals surface area contributed by atoms with E-state index < -0.39 is 0 Å². The third kappa shape index (κ3) is 2.76. The standard InChI is InChI=1S/C16H15N3O2/c1-10(2)16-19-13-4-3-12(9-14(13)21-16)18-15(20)11-5-7-17-8-6-11/h3-10H,1-2H3,(H,18,20). The molecule has 2 aromatic heterocycles. The van der Waals surface area contributed by atoms with Crippen molar-refractivity contribution in [2.75, 3.05) is 5.32 Å². The summed E-state index contributed by atoms with van der Waals surface area (Å²) in [6.45, 7) is 4.05. The molecule has 1 aromatic carbocycles. The Morgan fingerprint density at radius 2 is 1.95 bits per heavy atom. The number of rotatable bonds is 3. The van der Waals surface area contributed by atoms with Gasteiger partial charge in [0.1, 0.15) is 5.52 Å². The van der Waals surface area contributed by atoms with Gasteiger partial charge in [0.25, 0.3) is 5.91 Å². The maximum atomic E-state index is 12.1. The van der Waals surface area contributed by atoms with Crippen molar-refractivity contribution in [3.8, 4) is 0 Å². The van der Waals surface area contributed by atoms with E-state index in [2.05, 4.69) is 15.3 Å². The number of nitrogens with one attached hydrogen (secondary N) is 1. The Morgan fingerprint density at radius 1 is 1.19 bits per heavy atom. The van der Waals surface area contributed by atoms with E-state index in [1.807, 2.05) is 26.0 Å². The van der Waals surface area contributed by atoms with Gasteiger partial charge in [0.05, 0.1) is 0 Å². The first-order valence-corrected chi connectivity index (χ1v) is 6.75. The van der Waals surface area contributed by atoms with Crippen LogP contribution in [0.1, 0.15) is 36.0 Å². The molecular weight excluding hydrogens is 266 g/mol. The van der Waals surface area contributed by atoms with E-state index in [0.29, 0.717) is 22.7 Å². The second kappa shape index (κ2) is 5.36. The number of carbonyl (C=O) groups is 1. The lowest BCUT2D eigenvalue weighted by Crippen LogP contribution is -2.11. The minimum absolute atomic E-state index is 0.180. The maximum absolute atomic E-state index is 12.1. The molecule has 5 heteroatoms. The zero-order valence-corrected chi connectivity index (χ0v) is 11.8. The number of aromatic nitrogens is 2. The Labute approximate surface area is 122 Å². The van der Waals surface area contributed by atoms with Crippen molar-refractivity contribution >= 4 is 22.7 Å². The molecule has 3 rings (SSSR count). The largest absolute Gasteiger partial charge is 0.440 e. The van der Waals surface area contributed by atoms with Crippen LogP contribution in [0.5, 0.6) is 0 Å². The first kappa shape index (κ1) is 13.3. The predicted octanol–water partition coefficient (Wildman–Crippen LogP) is 3.60. The van der Waals surface area contributed by atoms with E-state index in [0.717, 1.165) is 5.52 Å². The van der Waals surface area contributed by atoms with Crippen LogP contribution in [0.2, 0.25) is 0 Å². The molecule has 3 aromatic rings. The van der Waals surface area contributed by atoms with Crippen LogP contribution in [0.15, 0.2) is 47.1 Å². The smallest absolute Gasteiger partial charge is 0.255 e. The minimum Gasteiger partial charge on any atom is -0.440 e. The molecular formula is C16H15N3O2. The van der Waals surface area contributed by atoms with E-state index >= 15 is 0 Å². The number of hydrogen-bond donors (Lipinski definition) is 1. The number of oxazole rings is 1. The van der Waals surface area contributed by atoms with E-state index in [1.54, 1.807) is 30.6 Å². The quantitative estimate of drug-likeness (QED) is 0.796. The lowest BCUT2D eigenvalue weighted by atomic mass is 10.2. The Kier molecular flexibility index (Phi) is 3.39. The van der Waals surface area contributed by atoms with Crippen LogP contribution >= 0.6 is 0 Å². The highest BCUT2D eigenvalue weighted by Gasteiger charge is 2.11. The van der Waals surface area contributed by atoms with Gasteiger partial charge in [-0.1, -0.05) is 13.8 Å². The molecule has 21 heavy (non-hydrogen) atoms. The first-order valence-electron chi connectivity index (χ1n) is 6.75. The van der Waals surface area contributed by atoms with Crippen LogP contribution in [-0.2, 0) is 0 Å². The van der Waals surface area contributed by atoms with Crippen molar-refractivity contribution in [3.63, 3.8) is 0 Å². The molecule has 0 saturated heterocycles. The van der Waals surface area contributed by atoms with Gasteiger partial charge in [-0.15, -0.1) is 0 Å². The van der Waals surface area contributed by atoms with Crippen LogP contribution in [-0.4, -0.2) is 15.9 Å². The van der Waals surface area contributed by atoms with Crippen LogP contribution < -0.4 is 5.32 Å². The molecule has 1 N–H and O–H groups in total. The van der Waals surface area contributed by atoms with E-state index in [4.69, 9.17) is 4.42 Å². The van der Waals surface area contributed by atoms with E-state index in [-0.39, 0.29) is 11.8 Å². The highest BCUT2D eigenvalue weighted by molar-refractivity contribution is 6.04. The van der Waals surface area contributed by atoms with Gasteiger partial charge in [0, 0.05) is 35.6 Å². The van der Waals surface area contributed by atoms with E-state index in [9.17, 15) is 4.79 Å². The van der Waals surface area contributed by atoms with Gasteiger partial charge in [-0.05, 0) is 24.3 Å². The fourth-order valence-corrected chi connectivity index (χ4v) is 1.97. The maximum Gasteiger partial charge on any atom is 0.255 e. The average molecular weight is 281 g/mol. The fourth-order valence-electron chi connectivity index (χ4n) is 1.97. The molecule has 2 heterocycles. The van der Waals surface area contributed by atoms with Gasteiger partial charge < -0.3 is 9.73 Å². The van der Waals surface area contributed by atoms with Crippen molar-refractivity contribution < 1.29 is 9.21 Å². The first-order chi connectivity index (χ1) is 10.1. The fraction of sp³-hybridized carbons (Fsp3) is 0.188.